The molecule has 2 heterocycles. The highest BCUT2D eigenvalue weighted by Crippen LogP contribution is 2.50. The van der Waals surface area contributed by atoms with Gasteiger partial charge < -0.3 is 10.6 Å². The van der Waals surface area contributed by atoms with Gasteiger partial charge in [0.05, 0.1) is 23.0 Å². The summed E-state index contributed by atoms with van der Waals surface area (Å²) in [5.74, 6) is -2.47. The molecule has 2 amide bonds. The van der Waals surface area contributed by atoms with E-state index in [4.69, 9.17) is 17.5 Å². The molecule has 2 fully saturated rings. The zero-order valence-electron chi connectivity index (χ0n) is 17.0. The quantitative estimate of drug-likeness (QED) is 0.521. The molecule has 2 aromatic rings. The molecule has 7 nitrogen and oxygen atoms in total. The zero-order valence-corrected chi connectivity index (χ0v) is 17.8. The lowest BCUT2D eigenvalue weighted by Crippen LogP contribution is -2.58. The Hall–Kier alpha value is -3.59. The first-order valence-corrected chi connectivity index (χ1v) is 10.1. The number of aromatic nitrogens is 1. The van der Waals surface area contributed by atoms with Gasteiger partial charge in [0.2, 0.25) is 0 Å². The highest BCUT2D eigenvalue weighted by molar-refractivity contribution is 7.80. The molecule has 2 unspecified atom stereocenters. The number of nitriles is 1. The van der Waals surface area contributed by atoms with Crippen molar-refractivity contribution >= 4 is 34.8 Å². The number of benzene rings is 1. The highest BCUT2D eigenvalue weighted by atomic mass is 32.1. The molecule has 0 bridgehead atoms. The third-order valence-electron chi connectivity index (χ3n) is 5.95. The van der Waals surface area contributed by atoms with E-state index >= 15 is 0 Å². The minimum Gasteiger partial charge on any atom is -0.355 e. The summed E-state index contributed by atoms with van der Waals surface area (Å²) in [6.45, 7) is 0. The number of nitrogens with one attached hydrogen (secondary N) is 2. The minimum atomic E-state index is -4.85. The monoisotopic (exact) mass is 477 g/mol. The van der Waals surface area contributed by atoms with Crippen molar-refractivity contribution in [1.29, 1.82) is 5.26 Å². The van der Waals surface area contributed by atoms with Gasteiger partial charge in [-0.25, -0.2) is 9.37 Å². The summed E-state index contributed by atoms with van der Waals surface area (Å²) in [5, 5.41) is 14.1. The number of carbonyl (C=O) groups is 2. The van der Waals surface area contributed by atoms with E-state index in [-0.39, 0.29) is 16.4 Å². The minimum absolute atomic E-state index is 0.119. The number of rotatable bonds is 3. The molecule has 1 spiro atoms. The van der Waals surface area contributed by atoms with Crippen molar-refractivity contribution in [1.82, 2.24) is 15.6 Å². The molecule has 1 saturated heterocycles. The maximum atomic E-state index is 14.5. The van der Waals surface area contributed by atoms with Crippen LogP contribution in [-0.2, 0) is 11.0 Å². The zero-order chi connectivity index (χ0) is 24.1. The van der Waals surface area contributed by atoms with Crippen molar-refractivity contribution < 1.29 is 27.2 Å². The molecule has 33 heavy (non-hydrogen) atoms. The van der Waals surface area contributed by atoms with Crippen molar-refractivity contribution in [3.8, 4) is 6.07 Å². The summed E-state index contributed by atoms with van der Waals surface area (Å²) >= 11 is 5.24. The number of carbonyl (C=O) groups excluding carboxylic acids is 2. The number of amides is 2. The lowest BCUT2D eigenvalue weighted by Gasteiger charge is -2.45. The molecule has 1 aliphatic carbocycles. The predicted octanol–water partition coefficient (Wildman–Crippen LogP) is 3.01. The van der Waals surface area contributed by atoms with E-state index in [1.54, 1.807) is 0 Å². The van der Waals surface area contributed by atoms with Crippen LogP contribution in [0.25, 0.3) is 0 Å². The number of hydrogen-bond acceptors (Lipinski definition) is 5. The summed E-state index contributed by atoms with van der Waals surface area (Å²) in [4.78, 5) is 29.6. The van der Waals surface area contributed by atoms with E-state index in [0.717, 1.165) is 11.1 Å². The molecule has 1 aromatic heterocycles. The Morgan fingerprint density at radius 1 is 1.39 bits per heavy atom. The summed E-state index contributed by atoms with van der Waals surface area (Å²) < 4.78 is 54.5. The first-order valence-electron chi connectivity index (χ1n) is 9.69. The maximum Gasteiger partial charge on any atom is 0.419 e. The Bertz CT molecular complexity index is 1240. The average molecular weight is 477 g/mol. The van der Waals surface area contributed by atoms with Crippen molar-refractivity contribution in [2.75, 3.05) is 11.9 Å². The smallest absolute Gasteiger partial charge is 0.355 e. The van der Waals surface area contributed by atoms with Crippen molar-refractivity contribution in [2.45, 2.75) is 30.5 Å². The van der Waals surface area contributed by atoms with Gasteiger partial charge in [0.1, 0.15) is 17.4 Å². The Kier molecular flexibility index (Phi) is 5.32. The van der Waals surface area contributed by atoms with E-state index in [1.165, 1.54) is 31.3 Å². The molecule has 12 heteroatoms. The van der Waals surface area contributed by atoms with Crippen molar-refractivity contribution in [3.05, 3.63) is 58.7 Å². The number of alkyl halides is 3. The second-order valence-electron chi connectivity index (χ2n) is 7.65. The van der Waals surface area contributed by atoms with Crippen LogP contribution in [0.4, 0.5) is 23.2 Å². The van der Waals surface area contributed by atoms with Crippen LogP contribution in [0.15, 0.2) is 30.5 Å². The molecule has 0 radical (unpaired) electrons. The predicted molar refractivity (Wildman–Crippen MR) is 112 cm³/mol. The second-order valence-corrected chi connectivity index (χ2v) is 8.04. The lowest BCUT2D eigenvalue weighted by atomic mass is 9.63. The van der Waals surface area contributed by atoms with E-state index < -0.39 is 46.5 Å². The summed E-state index contributed by atoms with van der Waals surface area (Å²) in [6.07, 6.45) is -3.06. The van der Waals surface area contributed by atoms with Crippen LogP contribution in [0, 0.1) is 17.1 Å². The Balaban J connectivity index is 1.69. The number of hydrogen-bond donors (Lipinski definition) is 2. The molecule has 2 N–H and O–H groups in total. The first-order chi connectivity index (χ1) is 15.5. The second kappa shape index (κ2) is 7.77. The van der Waals surface area contributed by atoms with Crippen LogP contribution in [0.2, 0.25) is 0 Å². The fourth-order valence-corrected chi connectivity index (χ4v) is 4.58. The van der Waals surface area contributed by atoms with Gasteiger partial charge >= 0.3 is 6.18 Å². The Morgan fingerprint density at radius 3 is 2.67 bits per heavy atom. The first kappa shape index (κ1) is 22.6. The van der Waals surface area contributed by atoms with Crippen LogP contribution in [-0.4, -0.2) is 34.5 Å². The van der Waals surface area contributed by atoms with Gasteiger partial charge in [-0.2, -0.15) is 18.4 Å². The molecule has 4 rings (SSSR count). The van der Waals surface area contributed by atoms with Crippen molar-refractivity contribution in [2.24, 2.45) is 0 Å². The van der Waals surface area contributed by atoms with Crippen LogP contribution in [0.3, 0.4) is 0 Å². The van der Waals surface area contributed by atoms with Gasteiger partial charge in [0, 0.05) is 13.0 Å². The van der Waals surface area contributed by atoms with Crippen molar-refractivity contribution in [3.63, 3.8) is 0 Å². The Labute approximate surface area is 190 Å². The fourth-order valence-electron chi connectivity index (χ4n) is 4.21. The fraction of sp³-hybridized carbons (Fsp3) is 0.286. The van der Waals surface area contributed by atoms with E-state index in [0.29, 0.717) is 24.5 Å². The normalized spacial score (nSPS) is 22.1. The third-order valence-corrected chi connectivity index (χ3v) is 6.23. The molecule has 1 aliphatic heterocycles. The molecule has 1 aromatic carbocycles. The van der Waals surface area contributed by atoms with Gasteiger partial charge in [-0.3, -0.25) is 14.5 Å². The highest BCUT2D eigenvalue weighted by Gasteiger charge is 2.60. The van der Waals surface area contributed by atoms with E-state index in [2.05, 4.69) is 15.6 Å². The Morgan fingerprint density at radius 2 is 2.12 bits per heavy atom. The number of thiocarbonyl (C=S) groups is 1. The van der Waals surface area contributed by atoms with Gasteiger partial charge in [0.15, 0.2) is 10.8 Å². The summed E-state index contributed by atoms with van der Waals surface area (Å²) in [5.41, 5.74) is -3.29. The maximum absolute atomic E-state index is 14.5. The SMILES string of the molecule is CNC(=O)c1ccc(C2CCC23NC(=S)N(c2cnc(C#N)c(C(F)(F)F)c2)C3=O)cc1F. The van der Waals surface area contributed by atoms with Crippen LogP contribution < -0.4 is 15.5 Å². The van der Waals surface area contributed by atoms with E-state index in [9.17, 15) is 27.2 Å². The number of halogens is 4. The largest absolute Gasteiger partial charge is 0.419 e. The molecular formula is C21H15F4N5O2S. The molecule has 2 atom stereocenters. The summed E-state index contributed by atoms with van der Waals surface area (Å²) in [7, 11) is 1.37. The van der Waals surface area contributed by atoms with Crippen LogP contribution >= 0.6 is 12.2 Å². The van der Waals surface area contributed by atoms with Crippen LogP contribution in [0.5, 0.6) is 0 Å². The lowest BCUT2D eigenvalue weighted by molar-refractivity contribution is -0.138. The van der Waals surface area contributed by atoms with Gasteiger partial charge in [-0.15, -0.1) is 0 Å². The molecule has 2 aliphatic rings. The van der Waals surface area contributed by atoms with Gasteiger partial charge in [-0.05, 0) is 48.8 Å². The van der Waals surface area contributed by atoms with E-state index in [1.807, 2.05) is 0 Å². The molecular weight excluding hydrogens is 462 g/mol. The molecule has 1 saturated carbocycles. The number of anilines is 1. The number of nitrogens with zero attached hydrogens (tertiary/aromatic N) is 3. The number of pyridine rings is 1. The van der Waals surface area contributed by atoms with Crippen LogP contribution in [0.1, 0.15) is 45.9 Å². The van der Waals surface area contributed by atoms with Gasteiger partial charge in [-0.1, -0.05) is 6.07 Å². The molecule has 170 valence electrons. The third kappa shape index (κ3) is 3.48. The standard InChI is InChI=1S/C21H15F4N5O2S/c1-27-17(31)12-3-2-10(6-15(12)22)13-4-5-20(13)18(32)30(19(33)29-20)11-7-14(21(23,24)25)16(8-26)28-9-11/h2-3,6-7,9,13H,4-5H2,1H3,(H,27,31)(H,29,33). The summed E-state index contributed by atoms with van der Waals surface area (Å²) in [6, 6.07) is 6.05. The average Bonchev–Trinajstić information content (AvgIpc) is 3.03. The topological polar surface area (TPSA) is 98.1 Å². The van der Waals surface area contributed by atoms with Gasteiger partial charge in [0.25, 0.3) is 11.8 Å².